The second kappa shape index (κ2) is 12.4. The zero-order valence-electron chi connectivity index (χ0n) is 3.95. The maximum atomic E-state index is 8.58. The molecule has 0 fully saturated rings. The molecule has 0 aromatic carbocycles. The summed E-state index contributed by atoms with van der Waals surface area (Å²) in [5, 5.41) is 0. The second-order valence-corrected chi connectivity index (χ2v) is 2.06. The van der Waals surface area contributed by atoms with Gasteiger partial charge in [0, 0.05) is 0 Å². The van der Waals surface area contributed by atoms with E-state index in [4.69, 9.17) is 21.4 Å². The number of hydrogen-bond donors (Lipinski definition) is 0. The molecule has 0 aliphatic carbocycles. The van der Waals surface area contributed by atoms with Gasteiger partial charge in [-0.05, 0) is 0 Å². The predicted octanol–water partition coefficient (Wildman–Crippen LogP) is -5.38. The van der Waals surface area contributed by atoms with Crippen molar-refractivity contribution < 1.29 is 58.6 Å². The Morgan fingerprint density at radius 1 is 0.778 bits per heavy atom. The average Bonchev–Trinajstić information content (AvgIpc) is 1.25. The van der Waals surface area contributed by atoms with Crippen LogP contribution in [0.5, 0.6) is 0 Å². The Labute approximate surface area is 81.7 Å². The summed E-state index contributed by atoms with van der Waals surface area (Å²) in [6.45, 7) is 0. The van der Waals surface area contributed by atoms with Crippen LogP contribution in [0.15, 0.2) is 0 Å². The van der Waals surface area contributed by atoms with Crippen molar-refractivity contribution in [2.24, 2.45) is 0 Å². The molecule has 0 aliphatic rings. The summed E-state index contributed by atoms with van der Waals surface area (Å²) in [6.07, 6.45) is 0. The van der Waals surface area contributed by atoms with Crippen LogP contribution in [0.1, 0.15) is 0 Å². The standard InChI is InChI=1S/6O.Sn.2Ti/q;;4*-1;+4;;. The fourth-order valence-electron chi connectivity index (χ4n) is 0. The van der Waals surface area contributed by atoms with Gasteiger partial charge in [-0.3, -0.25) is 0 Å². The van der Waals surface area contributed by atoms with E-state index in [2.05, 4.69) is 0 Å². The summed E-state index contributed by atoms with van der Waals surface area (Å²) < 4.78 is 51.5. The van der Waals surface area contributed by atoms with Crippen LogP contribution in [-0.2, 0) is 43.9 Å². The molecule has 48 valence electrons. The van der Waals surface area contributed by atoms with Crippen LogP contribution >= 0.6 is 0 Å². The molecular weight excluding hydrogens is 310 g/mol. The molecule has 0 radical (unpaired) electrons. The Balaban J connectivity index is -0.0000000720. The van der Waals surface area contributed by atoms with Crippen molar-refractivity contribution in [3.8, 4) is 0 Å². The largest absolute Gasteiger partial charge is 4.00 e. The van der Waals surface area contributed by atoms with Crippen LogP contribution in [0, 0.1) is 0 Å². The SMILES string of the molecule is [O]=[Ti]([O-])[O-].[O]=[Ti]([O-])[O-].[Sn+4]. The maximum Gasteiger partial charge on any atom is 4.00 e. The second-order valence-electron chi connectivity index (χ2n) is 0.500. The molecule has 0 amide bonds. The summed E-state index contributed by atoms with van der Waals surface area (Å²) in [5.41, 5.74) is 0. The van der Waals surface area contributed by atoms with E-state index in [1.807, 2.05) is 0 Å². The summed E-state index contributed by atoms with van der Waals surface area (Å²) in [4.78, 5) is 0. The van der Waals surface area contributed by atoms with Crippen molar-refractivity contribution in [1.29, 1.82) is 0 Å². The minimum atomic E-state index is -4.08. The first-order valence-corrected chi connectivity index (χ1v) is 5.05. The molecule has 6 nitrogen and oxygen atoms in total. The van der Waals surface area contributed by atoms with Gasteiger partial charge in [0.05, 0.1) is 0 Å². The van der Waals surface area contributed by atoms with Crippen LogP contribution in [0.25, 0.3) is 0 Å². The smallest absolute Gasteiger partial charge is 4.00 e. The molecule has 0 rings (SSSR count). The molecule has 9 heteroatoms. The predicted molar refractivity (Wildman–Crippen MR) is 7.13 cm³/mol. The van der Waals surface area contributed by atoms with Gasteiger partial charge in [0.2, 0.25) is 0 Å². The molecule has 0 saturated carbocycles. The topological polar surface area (TPSA) is 126 Å². The maximum absolute atomic E-state index is 8.58. The van der Waals surface area contributed by atoms with Crippen LogP contribution in [0.2, 0.25) is 0 Å². The Kier molecular flexibility index (Phi) is 23.3. The minimum absolute atomic E-state index is 0. The van der Waals surface area contributed by atoms with E-state index >= 15 is 0 Å². The van der Waals surface area contributed by atoms with Gasteiger partial charge in [-0.15, -0.1) is 0 Å². The molecule has 0 bridgehead atoms. The van der Waals surface area contributed by atoms with Crippen molar-refractivity contribution in [3.05, 3.63) is 0 Å². The van der Waals surface area contributed by atoms with Gasteiger partial charge in [0.1, 0.15) is 0 Å². The van der Waals surface area contributed by atoms with Crippen molar-refractivity contribution in [2.45, 2.75) is 0 Å². The summed E-state index contributed by atoms with van der Waals surface area (Å²) >= 11 is -8.17. The van der Waals surface area contributed by atoms with E-state index in [1.165, 1.54) is 0 Å². The molecule has 0 heterocycles. The van der Waals surface area contributed by atoms with Crippen LogP contribution in [0.4, 0.5) is 0 Å². The van der Waals surface area contributed by atoms with E-state index < -0.39 is 37.2 Å². The average molecular weight is 310 g/mol. The first-order chi connectivity index (χ1) is 3.46. The zero-order valence-corrected chi connectivity index (χ0v) is 9.93. The van der Waals surface area contributed by atoms with E-state index in [0.717, 1.165) is 0 Å². The summed E-state index contributed by atoms with van der Waals surface area (Å²) in [7, 11) is 0. The minimum Gasteiger partial charge on any atom is 4.00 e. The molecule has 0 atom stereocenters. The van der Waals surface area contributed by atoms with Gasteiger partial charge in [-0.1, -0.05) is 0 Å². The van der Waals surface area contributed by atoms with E-state index in [0.29, 0.717) is 0 Å². The van der Waals surface area contributed by atoms with E-state index in [-0.39, 0.29) is 23.9 Å². The molecule has 0 aromatic heterocycles. The fraction of sp³-hybridized carbons (Fsp3) is 0. The molecule has 9 heavy (non-hydrogen) atoms. The molecule has 0 unspecified atom stereocenters. The molecule has 0 spiro atoms. The van der Waals surface area contributed by atoms with Gasteiger partial charge in [0.25, 0.3) is 0 Å². The number of rotatable bonds is 0. The molecular formula is O6SnTi2. The molecule has 0 saturated heterocycles. The molecule has 0 N–H and O–H groups in total. The third-order valence-corrected chi connectivity index (χ3v) is 0. The van der Waals surface area contributed by atoms with Crippen LogP contribution in [-0.4, -0.2) is 23.9 Å². The third-order valence-electron chi connectivity index (χ3n) is 0. The van der Waals surface area contributed by atoms with Gasteiger partial charge >= 0.3 is 82.5 Å². The summed E-state index contributed by atoms with van der Waals surface area (Å²) in [6, 6.07) is 0. The van der Waals surface area contributed by atoms with E-state index in [9.17, 15) is 0 Å². The van der Waals surface area contributed by atoms with Crippen molar-refractivity contribution in [3.63, 3.8) is 0 Å². The Bertz CT molecular complexity index is 69.1. The van der Waals surface area contributed by atoms with Gasteiger partial charge in [-0.2, -0.15) is 0 Å². The van der Waals surface area contributed by atoms with Crippen LogP contribution < -0.4 is 14.8 Å². The van der Waals surface area contributed by atoms with Crippen LogP contribution in [0.3, 0.4) is 0 Å². The first-order valence-electron chi connectivity index (χ1n) is 1.22. The van der Waals surface area contributed by atoms with Crippen molar-refractivity contribution in [1.82, 2.24) is 0 Å². The van der Waals surface area contributed by atoms with E-state index in [1.54, 1.807) is 0 Å². The third kappa shape index (κ3) is 204. The van der Waals surface area contributed by atoms with Crippen molar-refractivity contribution in [2.75, 3.05) is 0 Å². The monoisotopic (exact) mass is 312 g/mol. The quantitative estimate of drug-likeness (QED) is 0.411. The zero-order chi connectivity index (χ0) is 7.15. The van der Waals surface area contributed by atoms with Gasteiger partial charge in [0.15, 0.2) is 0 Å². The Hall–Kier alpha value is 1.67. The van der Waals surface area contributed by atoms with Crippen molar-refractivity contribution >= 4 is 23.9 Å². The fourth-order valence-corrected chi connectivity index (χ4v) is 0. The number of hydrogen-bond acceptors (Lipinski definition) is 6. The molecule has 0 aromatic rings. The van der Waals surface area contributed by atoms with Gasteiger partial charge in [-0.25, -0.2) is 0 Å². The van der Waals surface area contributed by atoms with Gasteiger partial charge < -0.3 is 0 Å². The Morgan fingerprint density at radius 3 is 0.778 bits per heavy atom. The Morgan fingerprint density at radius 2 is 0.778 bits per heavy atom. The molecule has 0 aliphatic heterocycles. The first kappa shape index (κ1) is 17.0. The summed E-state index contributed by atoms with van der Waals surface area (Å²) in [5.74, 6) is 0. The normalized spacial score (nSPS) is 5.78.